The minimum atomic E-state index is -2.08. The van der Waals surface area contributed by atoms with Gasteiger partial charge in [-0.2, -0.15) is 0 Å². The van der Waals surface area contributed by atoms with Crippen molar-refractivity contribution in [3.05, 3.63) is 264 Å². The highest BCUT2D eigenvalue weighted by atomic mass is 31.2. The molecule has 6 heteroatoms. The van der Waals surface area contributed by atoms with Gasteiger partial charge in [0.1, 0.15) is 12.2 Å². The molecule has 2 heterocycles. The van der Waals surface area contributed by atoms with Crippen LogP contribution in [0.1, 0.15) is 64.7 Å². The van der Waals surface area contributed by atoms with E-state index >= 15 is 0 Å². The highest BCUT2D eigenvalue weighted by Gasteiger charge is 2.64. The summed E-state index contributed by atoms with van der Waals surface area (Å²) in [6.45, 7) is 0. The second kappa shape index (κ2) is 18.4. The Morgan fingerprint density at radius 2 is 0.667 bits per heavy atom. The summed E-state index contributed by atoms with van der Waals surface area (Å²) in [6.07, 6.45) is 1.33. The maximum atomic E-state index is 8.48. The van der Waals surface area contributed by atoms with Crippen LogP contribution in [0.15, 0.2) is 231 Å². The van der Waals surface area contributed by atoms with Gasteiger partial charge in [0.05, 0.1) is 0 Å². The summed E-state index contributed by atoms with van der Waals surface area (Å²) in [6, 6.07) is 83.2. The van der Waals surface area contributed by atoms with E-state index in [2.05, 4.69) is 235 Å². The normalized spacial score (nSPS) is 20.8. The molecule has 0 radical (unpaired) electrons. The van der Waals surface area contributed by atoms with Crippen LogP contribution in [0.5, 0.6) is 0 Å². The second-order valence-corrected chi connectivity index (χ2v) is 19.9. The zero-order valence-corrected chi connectivity index (χ0v) is 39.8. The van der Waals surface area contributed by atoms with Gasteiger partial charge in [-0.3, -0.25) is 0 Å². The van der Waals surface area contributed by atoms with Crippen LogP contribution in [-0.2, 0) is 29.7 Å². The minimum absolute atomic E-state index is 0.0480. The average Bonchev–Trinajstić information content (AvgIpc) is 3.56. The average molecular weight is 920 g/mol. The molecule has 10 aromatic carbocycles. The highest BCUT2D eigenvalue weighted by molar-refractivity contribution is 7.44. The fourth-order valence-electron chi connectivity index (χ4n) is 11.6. The number of nitrogens with zero attached hydrogens (tertiary/aromatic N) is 1. The number of rotatable bonds is 9. The van der Waals surface area contributed by atoms with Gasteiger partial charge >= 0.3 is 0 Å². The SMILES string of the molecule is CO[C@H]1[C@H](OC)C(c2ccc3ccccc3c2)(c2ccc3ccccc3c2)OP(N2[C@H](c3ccccc3)CCC[C@H]2c2ccccc2)OC1(c1ccc2ccccc2c1)c1ccc2ccccc2c1. The van der Waals surface area contributed by atoms with Gasteiger partial charge in [0, 0.05) is 26.3 Å². The summed E-state index contributed by atoms with van der Waals surface area (Å²) in [5.74, 6) is 0. The van der Waals surface area contributed by atoms with Crippen LogP contribution in [0, 0.1) is 0 Å². The van der Waals surface area contributed by atoms with E-state index in [1.54, 1.807) is 0 Å². The number of hydrogen-bond acceptors (Lipinski definition) is 5. The minimum Gasteiger partial charge on any atom is -0.375 e. The molecule has 0 amide bonds. The first kappa shape index (κ1) is 43.7. The van der Waals surface area contributed by atoms with Gasteiger partial charge < -0.3 is 18.5 Å². The van der Waals surface area contributed by atoms with E-state index in [1.165, 1.54) is 11.1 Å². The lowest BCUT2D eigenvalue weighted by molar-refractivity contribution is -0.152. The van der Waals surface area contributed by atoms with E-state index in [0.717, 1.165) is 84.6 Å². The lowest BCUT2D eigenvalue weighted by Crippen LogP contribution is -2.56. The maximum absolute atomic E-state index is 8.48. The first-order chi connectivity index (χ1) is 34.1. The number of ether oxygens (including phenoxy) is 2. The Hall–Kier alpha value is -6.53. The fraction of sp³-hybridized carbons (Fsp3) is 0.175. The van der Waals surface area contributed by atoms with E-state index in [1.807, 2.05) is 14.2 Å². The van der Waals surface area contributed by atoms with Crippen molar-refractivity contribution >= 4 is 51.6 Å². The molecule has 0 N–H and O–H groups in total. The zero-order valence-electron chi connectivity index (χ0n) is 38.9. The van der Waals surface area contributed by atoms with Crippen LogP contribution in [0.25, 0.3) is 43.1 Å². The Bertz CT molecular complexity index is 3050. The Labute approximate surface area is 405 Å². The molecule has 0 spiro atoms. The van der Waals surface area contributed by atoms with Gasteiger partial charge in [0.15, 0.2) is 11.2 Å². The second-order valence-electron chi connectivity index (χ2n) is 18.6. The number of benzene rings is 10. The molecule has 5 nitrogen and oxygen atoms in total. The van der Waals surface area contributed by atoms with E-state index in [0.29, 0.717) is 0 Å². The van der Waals surface area contributed by atoms with Gasteiger partial charge in [-0.25, -0.2) is 4.67 Å². The van der Waals surface area contributed by atoms with E-state index in [9.17, 15) is 0 Å². The Kier molecular flexibility index (Phi) is 11.7. The summed E-state index contributed by atoms with van der Waals surface area (Å²) >= 11 is 0. The predicted molar refractivity (Wildman–Crippen MR) is 282 cm³/mol. The molecule has 10 aromatic rings. The largest absolute Gasteiger partial charge is 0.375 e. The van der Waals surface area contributed by atoms with Gasteiger partial charge in [-0.15, -0.1) is 0 Å². The van der Waals surface area contributed by atoms with Gasteiger partial charge in [-0.1, -0.05) is 206 Å². The summed E-state index contributed by atoms with van der Waals surface area (Å²) in [7, 11) is 1.56. The van der Waals surface area contributed by atoms with Crippen molar-refractivity contribution in [2.24, 2.45) is 0 Å². The van der Waals surface area contributed by atoms with Crippen LogP contribution >= 0.6 is 8.53 Å². The standard InChI is InChI=1S/C63H54NO4P/c1-65-60-61(66-2)63(56-38-34-46-20-11-15-28-52(46)42-56,57-39-35-47-21-12-16-29-53(47)43-57)68-69(64-58(48-22-5-3-6-23-48)30-17-31-59(64)49-24-7-4-8-25-49)67-62(60,54-36-32-44-18-9-13-26-50(44)40-54)55-37-33-45-19-10-14-27-51(45)41-55/h3-16,18-29,32-43,58-61H,17,30-31H2,1-2H3/t58-,59-,60-,61-/m0/s1. The summed E-state index contributed by atoms with van der Waals surface area (Å²) in [5, 5.41) is 9.00. The molecular weight excluding hydrogens is 866 g/mol. The Morgan fingerprint density at radius 1 is 0.377 bits per heavy atom. The molecule has 0 bridgehead atoms. The highest BCUT2D eigenvalue weighted by Crippen LogP contribution is 2.68. The summed E-state index contributed by atoms with van der Waals surface area (Å²) in [5.41, 5.74) is 3.69. The molecule has 0 aromatic heterocycles. The number of fused-ring (bicyclic) bond motifs is 4. The third kappa shape index (κ3) is 7.57. The molecule has 12 rings (SSSR count). The summed E-state index contributed by atoms with van der Waals surface area (Å²) < 4.78 is 34.0. The van der Waals surface area contributed by atoms with Crippen LogP contribution in [-0.4, -0.2) is 31.1 Å². The number of methoxy groups -OCH3 is 2. The van der Waals surface area contributed by atoms with E-state index < -0.39 is 31.9 Å². The van der Waals surface area contributed by atoms with Gasteiger partial charge in [-0.05, 0) is 120 Å². The monoisotopic (exact) mass is 919 g/mol. The topological polar surface area (TPSA) is 40.2 Å². The quantitative estimate of drug-likeness (QED) is 0.135. The van der Waals surface area contributed by atoms with E-state index in [4.69, 9.17) is 18.5 Å². The molecule has 0 saturated carbocycles. The molecule has 0 unspecified atom stereocenters. The van der Waals surface area contributed by atoms with Crippen molar-refractivity contribution in [2.45, 2.75) is 54.8 Å². The maximum Gasteiger partial charge on any atom is 0.262 e. The Morgan fingerprint density at radius 3 is 0.971 bits per heavy atom. The van der Waals surface area contributed by atoms with Crippen molar-refractivity contribution in [3.8, 4) is 0 Å². The van der Waals surface area contributed by atoms with Crippen molar-refractivity contribution in [2.75, 3.05) is 14.2 Å². The van der Waals surface area contributed by atoms with E-state index in [-0.39, 0.29) is 12.1 Å². The van der Waals surface area contributed by atoms with Crippen molar-refractivity contribution in [3.63, 3.8) is 0 Å². The zero-order chi connectivity index (χ0) is 46.4. The number of hydrogen-bond donors (Lipinski definition) is 0. The van der Waals surface area contributed by atoms with Crippen molar-refractivity contribution < 1.29 is 18.5 Å². The molecule has 340 valence electrons. The van der Waals surface area contributed by atoms with Crippen LogP contribution in [0.2, 0.25) is 0 Å². The number of piperidine rings is 1. The first-order valence-corrected chi connectivity index (χ1v) is 25.3. The fourth-order valence-corrected chi connectivity index (χ4v) is 13.9. The molecule has 4 atom stereocenters. The molecular formula is C63H54NO4P. The molecule has 2 fully saturated rings. The third-order valence-corrected chi connectivity index (χ3v) is 16.7. The van der Waals surface area contributed by atoms with Gasteiger partial charge in [0.2, 0.25) is 0 Å². The molecule has 0 aliphatic carbocycles. The predicted octanol–water partition coefficient (Wildman–Crippen LogP) is 15.8. The molecule has 2 aliphatic rings. The van der Waals surface area contributed by atoms with Crippen molar-refractivity contribution in [1.29, 1.82) is 0 Å². The Balaban J connectivity index is 1.23. The lowest BCUT2D eigenvalue weighted by atomic mass is 9.71. The molecule has 69 heavy (non-hydrogen) atoms. The van der Waals surface area contributed by atoms with Gasteiger partial charge in [0.25, 0.3) is 8.53 Å². The lowest BCUT2D eigenvalue weighted by Gasteiger charge is -2.48. The third-order valence-electron chi connectivity index (χ3n) is 14.9. The van der Waals surface area contributed by atoms with Crippen LogP contribution in [0.4, 0.5) is 0 Å². The first-order valence-electron chi connectivity index (χ1n) is 24.2. The smallest absolute Gasteiger partial charge is 0.262 e. The summed E-state index contributed by atoms with van der Waals surface area (Å²) in [4.78, 5) is 0. The van der Waals surface area contributed by atoms with Crippen LogP contribution < -0.4 is 0 Å². The molecule has 2 saturated heterocycles. The van der Waals surface area contributed by atoms with Crippen LogP contribution in [0.3, 0.4) is 0 Å². The van der Waals surface area contributed by atoms with Crippen molar-refractivity contribution in [1.82, 2.24) is 4.67 Å². The molecule has 2 aliphatic heterocycles.